The summed E-state index contributed by atoms with van der Waals surface area (Å²) in [6.45, 7) is 0. The van der Waals surface area contributed by atoms with Crippen LogP contribution >= 0.6 is 69.6 Å². The molecule has 98 valence electrons. The molecule has 0 aromatic heterocycles. The summed E-state index contributed by atoms with van der Waals surface area (Å²) in [5, 5.41) is 0.958. The highest BCUT2D eigenvalue weighted by Crippen LogP contribution is 2.78. The van der Waals surface area contributed by atoms with E-state index in [0.29, 0.717) is 16.5 Å². The third-order valence-electron chi connectivity index (χ3n) is 5.07. The van der Waals surface area contributed by atoms with Crippen molar-refractivity contribution in [2.45, 2.75) is 20.5 Å². The van der Waals surface area contributed by atoms with Crippen molar-refractivity contribution in [3.63, 3.8) is 0 Å². The molecule has 0 radical (unpaired) electrons. The van der Waals surface area contributed by atoms with E-state index in [-0.39, 0.29) is 23.7 Å². The van der Waals surface area contributed by atoms with Gasteiger partial charge in [0.15, 0.2) is 0 Å². The van der Waals surface area contributed by atoms with Crippen LogP contribution in [0.5, 0.6) is 0 Å². The minimum absolute atomic E-state index is 0.00697. The molecular formula is C12H8Cl6. The van der Waals surface area contributed by atoms with Crippen LogP contribution in [-0.4, -0.2) is 14.1 Å². The minimum atomic E-state index is -0.839. The molecule has 0 N–H and O–H groups in total. The van der Waals surface area contributed by atoms with Gasteiger partial charge in [0.25, 0.3) is 0 Å². The largest absolute Gasteiger partial charge is 0.131 e. The lowest BCUT2D eigenvalue weighted by atomic mass is 9.75. The molecule has 0 spiro atoms. The molecule has 0 aromatic carbocycles. The molecule has 0 unspecified atom stereocenters. The number of allylic oxidation sites excluding steroid dienone is 4. The lowest BCUT2D eigenvalue weighted by Crippen LogP contribution is -2.38. The van der Waals surface area contributed by atoms with Crippen molar-refractivity contribution in [3.05, 3.63) is 22.2 Å². The highest BCUT2D eigenvalue weighted by molar-refractivity contribution is 6.52. The van der Waals surface area contributed by atoms with Gasteiger partial charge in [-0.05, 0) is 18.3 Å². The third-order valence-corrected chi connectivity index (χ3v) is 8.57. The lowest BCUT2D eigenvalue weighted by molar-refractivity contribution is 0.305. The first-order valence-electron chi connectivity index (χ1n) is 5.75. The average Bonchev–Trinajstić information content (AvgIpc) is 2.87. The summed E-state index contributed by atoms with van der Waals surface area (Å²) in [5.41, 5.74) is 0. The molecule has 6 heteroatoms. The van der Waals surface area contributed by atoms with Crippen molar-refractivity contribution in [2.75, 3.05) is 0 Å². The van der Waals surface area contributed by atoms with E-state index >= 15 is 0 Å². The quantitative estimate of drug-likeness (QED) is 0.312. The Morgan fingerprint density at radius 3 is 1.61 bits per heavy atom. The Balaban J connectivity index is 1.95. The van der Waals surface area contributed by atoms with E-state index < -0.39 is 14.1 Å². The fourth-order valence-corrected chi connectivity index (χ4v) is 7.32. The molecule has 4 aliphatic rings. The summed E-state index contributed by atoms with van der Waals surface area (Å²) in [4.78, 5) is -1.41. The van der Waals surface area contributed by atoms with E-state index in [2.05, 4.69) is 12.2 Å². The molecule has 0 aromatic rings. The van der Waals surface area contributed by atoms with Crippen LogP contribution in [0.1, 0.15) is 6.42 Å². The number of rotatable bonds is 0. The first-order valence-corrected chi connectivity index (χ1v) is 8.01. The fourth-order valence-electron chi connectivity index (χ4n) is 4.44. The summed E-state index contributed by atoms with van der Waals surface area (Å²) >= 11 is 39.1. The Bertz CT molecular complexity index is 481. The molecular weight excluding hydrogens is 357 g/mol. The van der Waals surface area contributed by atoms with Crippen molar-refractivity contribution in [1.29, 1.82) is 0 Å². The van der Waals surface area contributed by atoms with E-state index in [1.165, 1.54) is 0 Å². The van der Waals surface area contributed by atoms with Gasteiger partial charge in [-0.2, -0.15) is 0 Å². The zero-order valence-corrected chi connectivity index (χ0v) is 13.5. The van der Waals surface area contributed by atoms with Crippen molar-refractivity contribution >= 4 is 69.6 Å². The molecule has 0 saturated heterocycles. The second-order valence-electron chi connectivity index (χ2n) is 5.69. The van der Waals surface area contributed by atoms with Gasteiger partial charge in [-0.3, -0.25) is 0 Å². The molecule has 18 heavy (non-hydrogen) atoms. The maximum Gasteiger partial charge on any atom is 0.131 e. The summed E-state index contributed by atoms with van der Waals surface area (Å²) in [6.07, 6.45) is 4.67. The smallest absolute Gasteiger partial charge is 0.113 e. The maximum atomic E-state index is 6.74. The highest BCUT2D eigenvalue weighted by atomic mass is 35.5. The van der Waals surface area contributed by atoms with E-state index in [0.717, 1.165) is 0 Å². The Morgan fingerprint density at radius 1 is 0.833 bits per heavy atom. The zero-order valence-electron chi connectivity index (χ0n) is 8.94. The summed E-state index contributed by atoms with van der Waals surface area (Å²) < 4.78 is -0.839. The second kappa shape index (κ2) is 3.34. The van der Waals surface area contributed by atoms with Gasteiger partial charge in [-0.1, -0.05) is 35.4 Å². The normalized spacial score (nSPS) is 58.8. The van der Waals surface area contributed by atoms with Crippen LogP contribution in [-0.2, 0) is 0 Å². The third kappa shape index (κ3) is 1.10. The number of hydrogen-bond donors (Lipinski definition) is 0. The number of hydrogen-bond acceptors (Lipinski definition) is 0. The molecule has 0 aliphatic heterocycles. The van der Waals surface area contributed by atoms with Crippen LogP contribution in [0, 0.1) is 23.7 Å². The van der Waals surface area contributed by atoms with Crippen molar-refractivity contribution in [3.8, 4) is 0 Å². The number of alkyl halides is 4. The molecule has 6 atom stereocenters. The Labute approximate surface area is 135 Å². The van der Waals surface area contributed by atoms with E-state index in [1.807, 2.05) is 0 Å². The van der Waals surface area contributed by atoms with Crippen LogP contribution in [0.4, 0.5) is 0 Å². The van der Waals surface area contributed by atoms with Crippen LogP contribution in [0.25, 0.3) is 0 Å². The van der Waals surface area contributed by atoms with E-state index in [4.69, 9.17) is 69.6 Å². The summed E-state index contributed by atoms with van der Waals surface area (Å²) in [7, 11) is 0. The standard InChI is InChI=1S/C12H8Cl6/c13-8-9(14)11(16)3-10(8,15)6-4-1-2-5(7(6)11)12(4,17)18/h1-2,4-7H,3H2/t4-,5+,6-,7+,10+,11-. The summed E-state index contributed by atoms with van der Waals surface area (Å²) in [5.74, 6) is 0.119. The molecule has 0 amide bonds. The van der Waals surface area contributed by atoms with Gasteiger partial charge in [0.05, 0.1) is 19.8 Å². The maximum absolute atomic E-state index is 6.74. The van der Waals surface area contributed by atoms with Gasteiger partial charge in [0.1, 0.15) is 4.33 Å². The molecule has 2 fully saturated rings. The molecule has 4 aliphatic carbocycles. The predicted octanol–water partition coefficient (Wildman–Crippen LogP) is 5.27. The van der Waals surface area contributed by atoms with Crippen molar-refractivity contribution in [1.82, 2.24) is 0 Å². The monoisotopic (exact) mass is 362 g/mol. The van der Waals surface area contributed by atoms with Gasteiger partial charge in [-0.15, -0.1) is 46.4 Å². The van der Waals surface area contributed by atoms with Gasteiger partial charge < -0.3 is 0 Å². The Morgan fingerprint density at radius 2 is 1.22 bits per heavy atom. The topological polar surface area (TPSA) is 0 Å². The molecule has 4 rings (SSSR count). The van der Waals surface area contributed by atoms with Crippen LogP contribution < -0.4 is 0 Å². The van der Waals surface area contributed by atoms with Gasteiger partial charge in [-0.25, -0.2) is 0 Å². The predicted molar refractivity (Wildman–Crippen MR) is 78.1 cm³/mol. The first-order chi connectivity index (χ1) is 8.24. The van der Waals surface area contributed by atoms with Crippen LogP contribution in [0.2, 0.25) is 0 Å². The SMILES string of the molecule is ClC1=C(Cl)[C@@]2(Cl)C[C@]1(Cl)[C@H]1[C@@H]2[C@@H]2C=C[C@H]1C2(Cl)Cl. The first kappa shape index (κ1) is 12.9. The summed E-state index contributed by atoms with van der Waals surface area (Å²) in [6, 6.07) is 0. The van der Waals surface area contributed by atoms with E-state index in [9.17, 15) is 0 Å². The van der Waals surface area contributed by atoms with Crippen LogP contribution in [0.3, 0.4) is 0 Å². The molecule has 0 nitrogen and oxygen atoms in total. The van der Waals surface area contributed by atoms with Crippen molar-refractivity contribution < 1.29 is 0 Å². The Hall–Kier alpha value is 1.22. The van der Waals surface area contributed by atoms with Gasteiger partial charge in [0, 0.05) is 11.8 Å². The van der Waals surface area contributed by atoms with E-state index in [1.54, 1.807) is 0 Å². The second-order valence-corrected chi connectivity index (χ2v) is 9.24. The van der Waals surface area contributed by atoms with Crippen molar-refractivity contribution in [2.24, 2.45) is 23.7 Å². The molecule has 4 bridgehead atoms. The molecule has 2 saturated carbocycles. The number of halogens is 6. The minimum Gasteiger partial charge on any atom is -0.113 e. The highest BCUT2D eigenvalue weighted by Gasteiger charge is 2.78. The Kier molecular flexibility index (Phi) is 2.40. The zero-order chi connectivity index (χ0) is 13.1. The lowest BCUT2D eigenvalue weighted by Gasteiger charge is -2.37. The fraction of sp³-hybridized carbons (Fsp3) is 0.667. The average molecular weight is 365 g/mol. The number of fused-ring (bicyclic) bond motifs is 9. The van der Waals surface area contributed by atoms with Gasteiger partial charge >= 0.3 is 0 Å². The molecule has 0 heterocycles. The van der Waals surface area contributed by atoms with Gasteiger partial charge in [0.2, 0.25) is 0 Å². The van der Waals surface area contributed by atoms with Crippen LogP contribution in [0.15, 0.2) is 22.2 Å².